The van der Waals surface area contributed by atoms with E-state index < -0.39 is 0 Å². The maximum atomic E-state index is 11.6. The number of hydrogen-bond donors (Lipinski definition) is 2. The van der Waals surface area contributed by atoms with E-state index in [1.807, 2.05) is 12.1 Å². The molecular weight excluding hydrogens is 178 g/mol. The molecule has 0 aromatic heterocycles. The van der Waals surface area contributed by atoms with E-state index in [4.69, 9.17) is 5.11 Å². The molecule has 1 aromatic rings. The van der Waals surface area contributed by atoms with Gasteiger partial charge in [-0.1, -0.05) is 12.1 Å². The highest BCUT2D eigenvalue weighted by Crippen LogP contribution is 2.57. The predicted molar refractivity (Wildman–Crippen MR) is 50.9 cm³/mol. The van der Waals surface area contributed by atoms with E-state index in [-0.39, 0.29) is 17.1 Å². The minimum absolute atomic E-state index is 0.146. The van der Waals surface area contributed by atoms with Gasteiger partial charge in [-0.05, 0) is 30.0 Å². The Morgan fingerprint density at radius 1 is 1.36 bits per heavy atom. The van der Waals surface area contributed by atoms with Crippen LogP contribution in [-0.4, -0.2) is 17.6 Å². The predicted octanol–water partition coefficient (Wildman–Crippen LogP) is 0.780. The van der Waals surface area contributed by atoms with Crippen molar-refractivity contribution in [3.63, 3.8) is 0 Å². The molecule has 1 saturated heterocycles. The Hall–Kier alpha value is -1.51. The topological polar surface area (TPSA) is 49.3 Å². The Morgan fingerprint density at radius 3 is 2.57 bits per heavy atom. The van der Waals surface area contributed by atoms with Gasteiger partial charge in [-0.25, -0.2) is 0 Å². The third-order valence-corrected chi connectivity index (χ3v) is 3.40. The summed E-state index contributed by atoms with van der Waals surface area (Å²) in [6.45, 7) is 0.805. The van der Waals surface area contributed by atoms with Crippen LogP contribution in [0.4, 0.5) is 0 Å². The van der Waals surface area contributed by atoms with Gasteiger partial charge in [0.1, 0.15) is 5.75 Å². The van der Waals surface area contributed by atoms with Gasteiger partial charge in [-0.15, -0.1) is 0 Å². The molecule has 1 aliphatic heterocycles. The summed E-state index contributed by atoms with van der Waals surface area (Å²) in [6, 6.07) is 6.98. The first kappa shape index (κ1) is 7.85. The van der Waals surface area contributed by atoms with E-state index in [9.17, 15) is 4.79 Å². The molecule has 1 aromatic carbocycles. The summed E-state index contributed by atoms with van der Waals surface area (Å²) in [5.74, 6) is 0.869. The maximum Gasteiger partial charge on any atom is 0.231 e. The van der Waals surface area contributed by atoms with Crippen molar-refractivity contribution in [3.05, 3.63) is 29.8 Å². The zero-order valence-corrected chi connectivity index (χ0v) is 7.66. The minimum atomic E-state index is -0.256. The molecule has 14 heavy (non-hydrogen) atoms. The number of benzene rings is 1. The van der Waals surface area contributed by atoms with E-state index in [1.165, 1.54) is 0 Å². The Labute approximate surface area is 81.8 Å². The summed E-state index contributed by atoms with van der Waals surface area (Å²) in [4.78, 5) is 11.6. The monoisotopic (exact) mass is 189 g/mol. The van der Waals surface area contributed by atoms with Crippen LogP contribution in [0.5, 0.6) is 5.75 Å². The van der Waals surface area contributed by atoms with Crippen LogP contribution in [0.1, 0.15) is 12.0 Å². The third-order valence-electron chi connectivity index (χ3n) is 3.40. The standard InChI is InChI=1S/C11H11NO2/c13-9-3-1-7(2-4-9)11-5-8(11)6-12-10(11)14/h1-4,8,13H,5-6H2,(H,12,14). The largest absolute Gasteiger partial charge is 0.508 e. The molecule has 1 saturated carbocycles. The lowest BCUT2D eigenvalue weighted by molar-refractivity contribution is -0.122. The highest BCUT2D eigenvalue weighted by molar-refractivity contribution is 5.94. The second kappa shape index (κ2) is 2.29. The van der Waals surface area contributed by atoms with Crippen LogP contribution in [0.15, 0.2) is 24.3 Å². The van der Waals surface area contributed by atoms with Crippen LogP contribution in [0.2, 0.25) is 0 Å². The molecule has 1 aliphatic carbocycles. The van der Waals surface area contributed by atoms with Gasteiger partial charge in [-0.2, -0.15) is 0 Å². The number of hydrogen-bond acceptors (Lipinski definition) is 2. The highest BCUT2D eigenvalue weighted by Gasteiger charge is 2.64. The van der Waals surface area contributed by atoms with Gasteiger partial charge in [-0.3, -0.25) is 4.79 Å². The van der Waals surface area contributed by atoms with Crippen LogP contribution in [-0.2, 0) is 10.2 Å². The fourth-order valence-corrected chi connectivity index (χ4v) is 2.47. The minimum Gasteiger partial charge on any atom is -0.508 e. The van der Waals surface area contributed by atoms with Gasteiger partial charge in [0.05, 0.1) is 5.41 Å². The number of carbonyl (C=O) groups is 1. The molecule has 1 amide bonds. The van der Waals surface area contributed by atoms with Crippen molar-refractivity contribution in [1.29, 1.82) is 0 Å². The van der Waals surface area contributed by atoms with Crippen LogP contribution >= 0.6 is 0 Å². The molecule has 3 rings (SSSR count). The quantitative estimate of drug-likeness (QED) is 0.685. The normalized spacial score (nSPS) is 33.7. The van der Waals surface area contributed by atoms with Gasteiger partial charge >= 0.3 is 0 Å². The number of phenols is 1. The second-order valence-electron chi connectivity index (χ2n) is 4.13. The average molecular weight is 189 g/mol. The first-order valence-corrected chi connectivity index (χ1v) is 4.81. The lowest BCUT2D eigenvalue weighted by Crippen LogP contribution is -2.27. The van der Waals surface area contributed by atoms with Crippen molar-refractivity contribution in [2.75, 3.05) is 6.54 Å². The van der Waals surface area contributed by atoms with Crippen molar-refractivity contribution in [2.24, 2.45) is 5.92 Å². The maximum absolute atomic E-state index is 11.6. The second-order valence-corrected chi connectivity index (χ2v) is 4.13. The van der Waals surface area contributed by atoms with Crippen molar-refractivity contribution in [3.8, 4) is 5.75 Å². The zero-order chi connectivity index (χ0) is 9.76. The van der Waals surface area contributed by atoms with Crippen molar-refractivity contribution in [1.82, 2.24) is 5.32 Å². The molecule has 2 fully saturated rings. The first-order chi connectivity index (χ1) is 6.73. The van der Waals surface area contributed by atoms with E-state index in [1.54, 1.807) is 12.1 Å². The molecular formula is C11H11NO2. The number of carbonyl (C=O) groups excluding carboxylic acids is 1. The number of rotatable bonds is 1. The number of fused-ring (bicyclic) bond motifs is 1. The lowest BCUT2D eigenvalue weighted by Gasteiger charge is -2.10. The zero-order valence-electron chi connectivity index (χ0n) is 7.66. The van der Waals surface area contributed by atoms with Crippen LogP contribution in [0.3, 0.4) is 0 Å². The number of amides is 1. The van der Waals surface area contributed by atoms with Gasteiger partial charge in [0.2, 0.25) is 5.91 Å². The van der Waals surface area contributed by atoms with Crippen LogP contribution in [0, 0.1) is 5.92 Å². The number of nitrogens with one attached hydrogen (secondary N) is 1. The molecule has 2 N–H and O–H groups in total. The fourth-order valence-electron chi connectivity index (χ4n) is 2.47. The Balaban J connectivity index is 2.04. The summed E-state index contributed by atoms with van der Waals surface area (Å²) in [7, 11) is 0. The van der Waals surface area contributed by atoms with E-state index in [0.29, 0.717) is 5.92 Å². The lowest BCUT2D eigenvalue weighted by atomic mass is 9.94. The Kier molecular flexibility index (Phi) is 1.29. The fraction of sp³-hybridized carbons (Fsp3) is 0.364. The third kappa shape index (κ3) is 0.794. The van der Waals surface area contributed by atoms with Crippen molar-refractivity contribution in [2.45, 2.75) is 11.8 Å². The summed E-state index contributed by atoms with van der Waals surface area (Å²) >= 11 is 0. The molecule has 1 heterocycles. The molecule has 2 unspecified atom stereocenters. The number of phenolic OH excluding ortho intramolecular Hbond substituents is 1. The average Bonchev–Trinajstić information content (AvgIpc) is 2.84. The molecule has 2 atom stereocenters. The highest BCUT2D eigenvalue weighted by atomic mass is 16.3. The summed E-state index contributed by atoms with van der Waals surface area (Å²) in [5.41, 5.74) is 0.781. The molecule has 72 valence electrons. The first-order valence-electron chi connectivity index (χ1n) is 4.81. The van der Waals surface area contributed by atoms with Gasteiger partial charge < -0.3 is 10.4 Å². The van der Waals surface area contributed by atoms with Gasteiger partial charge in [0.15, 0.2) is 0 Å². The molecule has 0 spiro atoms. The number of aromatic hydroxyl groups is 1. The Morgan fingerprint density at radius 2 is 2.07 bits per heavy atom. The van der Waals surface area contributed by atoms with Crippen molar-refractivity contribution < 1.29 is 9.90 Å². The van der Waals surface area contributed by atoms with Gasteiger partial charge in [0.25, 0.3) is 0 Å². The Bertz CT molecular complexity index is 398. The molecule has 3 heteroatoms. The van der Waals surface area contributed by atoms with Gasteiger partial charge in [0, 0.05) is 6.54 Å². The molecule has 0 bridgehead atoms. The molecule has 2 aliphatic rings. The summed E-state index contributed by atoms with van der Waals surface area (Å²) < 4.78 is 0. The summed E-state index contributed by atoms with van der Waals surface area (Å²) in [5, 5.41) is 12.0. The molecule has 0 radical (unpaired) electrons. The molecule has 3 nitrogen and oxygen atoms in total. The van der Waals surface area contributed by atoms with E-state index in [0.717, 1.165) is 18.5 Å². The van der Waals surface area contributed by atoms with Crippen LogP contribution in [0.25, 0.3) is 0 Å². The van der Waals surface area contributed by atoms with E-state index in [2.05, 4.69) is 5.32 Å². The van der Waals surface area contributed by atoms with Crippen LogP contribution < -0.4 is 5.32 Å². The summed E-state index contributed by atoms with van der Waals surface area (Å²) in [6.07, 6.45) is 0.962. The van der Waals surface area contributed by atoms with E-state index >= 15 is 0 Å². The smallest absolute Gasteiger partial charge is 0.231 e. The van der Waals surface area contributed by atoms with Crippen molar-refractivity contribution >= 4 is 5.91 Å². The number of piperidine rings is 1. The SMILES string of the molecule is O=C1NCC2CC12c1ccc(O)cc1.